The van der Waals surface area contributed by atoms with Crippen LogP contribution in [0.25, 0.3) is 0 Å². The van der Waals surface area contributed by atoms with Crippen LogP contribution in [0.15, 0.2) is 41.5 Å². The molecule has 1 N–H and O–H groups in total. The van der Waals surface area contributed by atoms with Crippen LogP contribution in [0.2, 0.25) is 0 Å². The van der Waals surface area contributed by atoms with E-state index in [1.54, 1.807) is 32.4 Å². The van der Waals surface area contributed by atoms with Crippen molar-refractivity contribution in [2.75, 3.05) is 20.8 Å². The van der Waals surface area contributed by atoms with Crippen LogP contribution in [0.5, 0.6) is 17.2 Å². The van der Waals surface area contributed by atoms with E-state index < -0.39 is 0 Å². The molecule has 0 bridgehead atoms. The molecule has 1 amide bonds. The standard InChI is InChI=1S/C19H22N2O4/c1-13-7-14(2)9-17(8-13)25-12-19(22)21-20-11-15-5-6-16(23-3)10-18(15)24-4/h5-11H,12H2,1-4H3,(H,21,22). The fourth-order valence-electron chi connectivity index (χ4n) is 2.30. The largest absolute Gasteiger partial charge is 0.497 e. The van der Waals surface area contributed by atoms with Crippen molar-refractivity contribution >= 4 is 12.1 Å². The molecule has 2 aromatic rings. The van der Waals surface area contributed by atoms with Crippen molar-refractivity contribution in [2.24, 2.45) is 5.10 Å². The molecule has 6 heteroatoms. The maximum absolute atomic E-state index is 11.8. The van der Waals surface area contributed by atoms with E-state index in [1.165, 1.54) is 6.21 Å². The molecule has 0 spiro atoms. The number of hydrogen-bond donors (Lipinski definition) is 1. The monoisotopic (exact) mass is 342 g/mol. The Morgan fingerprint density at radius 1 is 1.04 bits per heavy atom. The number of nitrogens with one attached hydrogen (secondary N) is 1. The lowest BCUT2D eigenvalue weighted by molar-refractivity contribution is -0.123. The lowest BCUT2D eigenvalue weighted by Gasteiger charge is -2.08. The Kier molecular flexibility index (Phi) is 6.39. The molecule has 0 saturated heterocycles. The molecule has 0 fully saturated rings. The van der Waals surface area contributed by atoms with E-state index in [1.807, 2.05) is 32.0 Å². The number of benzene rings is 2. The number of carbonyl (C=O) groups excluding carboxylic acids is 1. The first-order chi connectivity index (χ1) is 12.0. The van der Waals surface area contributed by atoms with E-state index in [4.69, 9.17) is 14.2 Å². The zero-order valence-electron chi connectivity index (χ0n) is 14.8. The highest BCUT2D eigenvalue weighted by atomic mass is 16.5. The van der Waals surface area contributed by atoms with Gasteiger partial charge in [-0.2, -0.15) is 5.10 Å². The first-order valence-corrected chi connectivity index (χ1v) is 7.77. The fraction of sp³-hybridized carbons (Fsp3) is 0.263. The Balaban J connectivity index is 1.90. The van der Waals surface area contributed by atoms with Gasteiger partial charge in [-0.25, -0.2) is 5.43 Å². The SMILES string of the molecule is COc1ccc(C=NNC(=O)COc2cc(C)cc(C)c2)c(OC)c1. The van der Waals surface area contributed by atoms with Crippen LogP contribution in [-0.4, -0.2) is 32.9 Å². The summed E-state index contributed by atoms with van der Waals surface area (Å²) >= 11 is 0. The van der Waals surface area contributed by atoms with Gasteiger partial charge in [-0.3, -0.25) is 4.79 Å². The number of rotatable bonds is 7. The number of aryl methyl sites for hydroxylation is 2. The molecule has 0 heterocycles. The summed E-state index contributed by atoms with van der Waals surface area (Å²) in [5.41, 5.74) is 5.32. The molecule has 2 aromatic carbocycles. The molecule has 2 rings (SSSR count). The van der Waals surface area contributed by atoms with Crippen LogP contribution in [0, 0.1) is 13.8 Å². The number of methoxy groups -OCH3 is 2. The highest BCUT2D eigenvalue weighted by Gasteiger charge is 2.05. The molecule has 0 atom stereocenters. The lowest BCUT2D eigenvalue weighted by Crippen LogP contribution is -2.24. The van der Waals surface area contributed by atoms with Crippen LogP contribution in [0.3, 0.4) is 0 Å². The Labute approximate surface area is 147 Å². The summed E-state index contributed by atoms with van der Waals surface area (Å²) in [5.74, 6) is 1.60. The molecule has 25 heavy (non-hydrogen) atoms. The molecule has 0 aliphatic rings. The summed E-state index contributed by atoms with van der Waals surface area (Å²) in [4.78, 5) is 11.8. The van der Waals surface area contributed by atoms with Gasteiger partial charge in [0, 0.05) is 11.6 Å². The normalized spacial score (nSPS) is 10.6. The topological polar surface area (TPSA) is 69.2 Å². The van der Waals surface area contributed by atoms with E-state index in [0.29, 0.717) is 17.2 Å². The fourth-order valence-corrected chi connectivity index (χ4v) is 2.30. The van der Waals surface area contributed by atoms with Gasteiger partial charge in [-0.15, -0.1) is 0 Å². The first kappa shape index (κ1) is 18.3. The lowest BCUT2D eigenvalue weighted by atomic mass is 10.1. The van der Waals surface area contributed by atoms with E-state index in [-0.39, 0.29) is 12.5 Å². The van der Waals surface area contributed by atoms with Crippen LogP contribution < -0.4 is 19.6 Å². The van der Waals surface area contributed by atoms with Crippen LogP contribution in [0.1, 0.15) is 16.7 Å². The van der Waals surface area contributed by atoms with Gasteiger partial charge in [-0.1, -0.05) is 6.07 Å². The highest BCUT2D eigenvalue weighted by molar-refractivity contribution is 5.85. The van der Waals surface area contributed by atoms with Gasteiger partial charge in [-0.05, 0) is 49.2 Å². The van der Waals surface area contributed by atoms with E-state index in [0.717, 1.165) is 16.7 Å². The highest BCUT2D eigenvalue weighted by Crippen LogP contribution is 2.23. The summed E-state index contributed by atoms with van der Waals surface area (Å²) in [6.07, 6.45) is 1.51. The minimum atomic E-state index is -0.345. The van der Waals surface area contributed by atoms with Gasteiger partial charge in [0.2, 0.25) is 0 Å². The molecular formula is C19H22N2O4. The van der Waals surface area contributed by atoms with Crippen LogP contribution in [0.4, 0.5) is 0 Å². The molecular weight excluding hydrogens is 320 g/mol. The summed E-state index contributed by atoms with van der Waals surface area (Å²) in [7, 11) is 3.14. The Morgan fingerprint density at radius 3 is 2.40 bits per heavy atom. The quantitative estimate of drug-likeness (QED) is 0.620. The van der Waals surface area contributed by atoms with Gasteiger partial charge in [0.15, 0.2) is 6.61 Å². The summed E-state index contributed by atoms with van der Waals surface area (Å²) < 4.78 is 15.9. The van der Waals surface area contributed by atoms with Crippen LogP contribution in [-0.2, 0) is 4.79 Å². The van der Waals surface area contributed by atoms with Crippen molar-refractivity contribution in [3.8, 4) is 17.2 Å². The second-order valence-corrected chi connectivity index (χ2v) is 5.51. The van der Waals surface area contributed by atoms with Crippen LogP contribution >= 0.6 is 0 Å². The number of amides is 1. The van der Waals surface area contributed by atoms with E-state index in [2.05, 4.69) is 10.5 Å². The second kappa shape index (κ2) is 8.73. The Morgan fingerprint density at radius 2 is 1.76 bits per heavy atom. The number of ether oxygens (including phenoxy) is 3. The minimum absolute atomic E-state index is 0.111. The molecule has 0 aromatic heterocycles. The van der Waals surface area contributed by atoms with Gasteiger partial charge in [0.25, 0.3) is 5.91 Å². The van der Waals surface area contributed by atoms with Crippen molar-refractivity contribution in [3.63, 3.8) is 0 Å². The molecule has 0 unspecified atom stereocenters. The average Bonchev–Trinajstić information content (AvgIpc) is 2.59. The molecule has 132 valence electrons. The predicted molar refractivity (Wildman–Crippen MR) is 96.7 cm³/mol. The van der Waals surface area contributed by atoms with Crippen molar-refractivity contribution in [3.05, 3.63) is 53.1 Å². The third-order valence-electron chi connectivity index (χ3n) is 3.40. The van der Waals surface area contributed by atoms with E-state index in [9.17, 15) is 4.79 Å². The molecule has 0 saturated carbocycles. The van der Waals surface area contributed by atoms with E-state index >= 15 is 0 Å². The maximum Gasteiger partial charge on any atom is 0.277 e. The number of hydrogen-bond acceptors (Lipinski definition) is 5. The first-order valence-electron chi connectivity index (χ1n) is 7.77. The third kappa shape index (κ3) is 5.53. The molecule has 6 nitrogen and oxygen atoms in total. The minimum Gasteiger partial charge on any atom is -0.497 e. The predicted octanol–water partition coefficient (Wildman–Crippen LogP) is 2.85. The summed E-state index contributed by atoms with van der Waals surface area (Å²) in [6.45, 7) is 3.85. The second-order valence-electron chi connectivity index (χ2n) is 5.51. The number of nitrogens with zero attached hydrogens (tertiary/aromatic N) is 1. The summed E-state index contributed by atoms with van der Waals surface area (Å²) in [5, 5.41) is 3.93. The van der Waals surface area contributed by atoms with Gasteiger partial charge in [0.05, 0.1) is 20.4 Å². The van der Waals surface area contributed by atoms with Gasteiger partial charge < -0.3 is 14.2 Å². The van der Waals surface area contributed by atoms with Crippen molar-refractivity contribution in [1.29, 1.82) is 0 Å². The number of carbonyl (C=O) groups is 1. The molecule has 0 aliphatic heterocycles. The van der Waals surface area contributed by atoms with Crippen molar-refractivity contribution in [2.45, 2.75) is 13.8 Å². The van der Waals surface area contributed by atoms with Gasteiger partial charge >= 0.3 is 0 Å². The molecule has 0 radical (unpaired) electrons. The number of hydrazone groups is 1. The van der Waals surface area contributed by atoms with Gasteiger partial charge in [0.1, 0.15) is 17.2 Å². The molecule has 0 aliphatic carbocycles. The Hall–Kier alpha value is -3.02. The third-order valence-corrected chi connectivity index (χ3v) is 3.40. The summed E-state index contributed by atoms with van der Waals surface area (Å²) in [6, 6.07) is 11.1. The van der Waals surface area contributed by atoms with Crippen molar-refractivity contribution in [1.82, 2.24) is 5.43 Å². The zero-order chi connectivity index (χ0) is 18.2. The Bertz CT molecular complexity index is 752. The maximum atomic E-state index is 11.8. The average molecular weight is 342 g/mol. The zero-order valence-corrected chi connectivity index (χ0v) is 14.8. The smallest absolute Gasteiger partial charge is 0.277 e. The van der Waals surface area contributed by atoms with Crippen molar-refractivity contribution < 1.29 is 19.0 Å².